The molecular weight excluding hydrogens is 191 g/mol. The van der Waals surface area contributed by atoms with E-state index < -0.39 is 5.97 Å². The number of carbonyl (C=O) groups is 1. The molecule has 0 rings (SSSR count). The minimum atomic E-state index is -0.847. The van der Waals surface area contributed by atoms with Gasteiger partial charge >= 0.3 is 69.3 Å². The SMILES string of the molecule is O=C(O)/C=C/CCCC[AsH2]. The molecule has 0 fully saturated rings. The first-order chi connectivity index (χ1) is 4.77. The first kappa shape index (κ1) is 9.77. The Hall–Kier alpha value is -0.232. The average Bonchev–Trinajstić information content (AvgIpc) is 1.87. The normalized spacial score (nSPS) is 10.5. The van der Waals surface area contributed by atoms with Crippen LogP contribution in [0.5, 0.6) is 0 Å². The van der Waals surface area contributed by atoms with E-state index >= 15 is 0 Å². The number of aliphatic carboxylic acids is 1. The monoisotopic (exact) mass is 204 g/mol. The number of carboxylic acid groups (broad SMARTS) is 1. The van der Waals surface area contributed by atoms with E-state index in [1.165, 1.54) is 17.7 Å². The van der Waals surface area contributed by atoms with Gasteiger partial charge in [0.2, 0.25) is 0 Å². The third-order valence-corrected chi connectivity index (χ3v) is 1.94. The van der Waals surface area contributed by atoms with Gasteiger partial charge in [-0.3, -0.25) is 0 Å². The van der Waals surface area contributed by atoms with Crippen molar-refractivity contribution in [3.63, 3.8) is 0 Å². The third kappa shape index (κ3) is 7.77. The zero-order valence-corrected chi connectivity index (χ0v) is 8.34. The second kappa shape index (κ2) is 6.88. The van der Waals surface area contributed by atoms with E-state index in [1.807, 2.05) is 0 Å². The van der Waals surface area contributed by atoms with Crippen LogP contribution in [0.25, 0.3) is 0 Å². The van der Waals surface area contributed by atoms with Gasteiger partial charge < -0.3 is 0 Å². The van der Waals surface area contributed by atoms with Gasteiger partial charge in [0.25, 0.3) is 0 Å². The quantitative estimate of drug-likeness (QED) is 0.409. The summed E-state index contributed by atoms with van der Waals surface area (Å²) in [6.45, 7) is 0. The fourth-order valence-corrected chi connectivity index (χ4v) is 1.20. The summed E-state index contributed by atoms with van der Waals surface area (Å²) in [5.41, 5.74) is 0. The predicted octanol–water partition coefficient (Wildman–Crippen LogP) is 0.849. The van der Waals surface area contributed by atoms with Crippen LogP contribution in [0, 0.1) is 0 Å². The van der Waals surface area contributed by atoms with E-state index in [1.54, 1.807) is 22.9 Å². The van der Waals surface area contributed by atoms with Gasteiger partial charge in [-0.2, -0.15) is 0 Å². The number of hydrogen-bond acceptors (Lipinski definition) is 1. The van der Waals surface area contributed by atoms with Crippen LogP contribution < -0.4 is 0 Å². The Morgan fingerprint density at radius 2 is 2.20 bits per heavy atom. The van der Waals surface area contributed by atoms with Crippen LogP contribution in [0.4, 0.5) is 0 Å². The molecule has 0 bridgehead atoms. The molecule has 0 aromatic carbocycles. The molecule has 3 heteroatoms. The van der Waals surface area contributed by atoms with E-state index in [0.29, 0.717) is 0 Å². The van der Waals surface area contributed by atoms with Crippen molar-refractivity contribution in [1.82, 2.24) is 0 Å². The van der Waals surface area contributed by atoms with Crippen molar-refractivity contribution < 1.29 is 9.90 Å². The van der Waals surface area contributed by atoms with Gasteiger partial charge in [0.15, 0.2) is 0 Å². The van der Waals surface area contributed by atoms with Crippen LogP contribution in [-0.2, 0) is 4.79 Å². The number of rotatable bonds is 5. The molecule has 10 heavy (non-hydrogen) atoms. The van der Waals surface area contributed by atoms with Gasteiger partial charge in [-0.25, -0.2) is 0 Å². The van der Waals surface area contributed by atoms with Crippen molar-refractivity contribution >= 4 is 22.8 Å². The molecule has 0 aliphatic carbocycles. The van der Waals surface area contributed by atoms with E-state index in [4.69, 9.17) is 5.11 Å². The summed E-state index contributed by atoms with van der Waals surface area (Å²) in [5, 5.41) is 9.43. The Balaban J connectivity index is 3.10. The number of hydrogen-bond donors (Lipinski definition) is 1. The average molecular weight is 204 g/mol. The summed E-state index contributed by atoms with van der Waals surface area (Å²) in [4.78, 5) is 9.95. The van der Waals surface area contributed by atoms with Crippen molar-refractivity contribution in [1.29, 1.82) is 0 Å². The molecule has 58 valence electrons. The van der Waals surface area contributed by atoms with Crippen molar-refractivity contribution in [3.05, 3.63) is 12.2 Å². The van der Waals surface area contributed by atoms with Gasteiger partial charge in [0, 0.05) is 0 Å². The molecule has 0 aromatic heterocycles. The Morgan fingerprint density at radius 3 is 2.70 bits per heavy atom. The molecule has 0 radical (unpaired) electrons. The van der Waals surface area contributed by atoms with Crippen molar-refractivity contribution in [2.24, 2.45) is 0 Å². The topological polar surface area (TPSA) is 37.3 Å². The summed E-state index contributed by atoms with van der Waals surface area (Å²) in [6.07, 6.45) is 6.15. The summed E-state index contributed by atoms with van der Waals surface area (Å²) < 4.78 is 0. The molecule has 0 amide bonds. The van der Waals surface area contributed by atoms with Crippen LogP contribution >= 0.6 is 0 Å². The summed E-state index contributed by atoms with van der Waals surface area (Å²) >= 11 is 1.74. The molecule has 0 saturated carbocycles. The van der Waals surface area contributed by atoms with Crippen molar-refractivity contribution in [3.8, 4) is 0 Å². The predicted molar refractivity (Wildman–Crippen MR) is 44.0 cm³/mol. The van der Waals surface area contributed by atoms with Gasteiger partial charge in [-0.1, -0.05) is 0 Å². The van der Waals surface area contributed by atoms with Crippen LogP contribution in [0.3, 0.4) is 0 Å². The molecule has 0 aromatic rings. The third-order valence-electron chi connectivity index (χ3n) is 1.09. The van der Waals surface area contributed by atoms with E-state index in [9.17, 15) is 4.79 Å². The number of unbranched alkanes of at least 4 members (excludes halogenated alkanes) is 2. The Bertz CT molecular complexity index is 121. The molecule has 0 heterocycles. The molecule has 0 aliphatic rings. The fourth-order valence-electron chi connectivity index (χ4n) is 0.591. The molecule has 0 aliphatic heterocycles. The molecule has 1 atom stereocenters. The maximum atomic E-state index is 9.95. The molecule has 0 saturated heterocycles. The Kier molecular flexibility index (Phi) is 6.72. The van der Waals surface area contributed by atoms with Crippen LogP contribution in [-0.4, -0.2) is 27.9 Å². The van der Waals surface area contributed by atoms with E-state index in [0.717, 1.165) is 12.8 Å². The summed E-state index contributed by atoms with van der Waals surface area (Å²) in [5.74, 6) is -0.847. The second-order valence-electron chi connectivity index (χ2n) is 2.03. The zero-order chi connectivity index (χ0) is 7.82. The van der Waals surface area contributed by atoms with Gasteiger partial charge in [-0.05, 0) is 0 Å². The van der Waals surface area contributed by atoms with Gasteiger partial charge in [0.05, 0.1) is 0 Å². The van der Waals surface area contributed by atoms with Crippen LogP contribution in [0.2, 0.25) is 5.21 Å². The van der Waals surface area contributed by atoms with Gasteiger partial charge in [0.1, 0.15) is 0 Å². The van der Waals surface area contributed by atoms with Crippen molar-refractivity contribution in [2.75, 3.05) is 0 Å². The first-order valence-electron chi connectivity index (χ1n) is 3.37. The van der Waals surface area contributed by atoms with E-state index in [2.05, 4.69) is 0 Å². The Morgan fingerprint density at radius 1 is 1.50 bits per heavy atom. The molecule has 2 nitrogen and oxygen atoms in total. The molecule has 0 spiro atoms. The minimum absolute atomic E-state index is 0.847. The summed E-state index contributed by atoms with van der Waals surface area (Å²) in [6, 6.07) is 0. The van der Waals surface area contributed by atoms with Crippen LogP contribution in [0.1, 0.15) is 19.3 Å². The van der Waals surface area contributed by atoms with Gasteiger partial charge in [-0.15, -0.1) is 0 Å². The maximum absolute atomic E-state index is 9.95. The zero-order valence-electron chi connectivity index (χ0n) is 5.92. The standard InChI is InChI=1S/C7H13AsO2/c8-6-4-2-1-3-5-7(9)10/h3,5H,1-2,4,6,8H2,(H,9,10)/b5-3+. The molecular formula is C7H13AsO2. The number of carboxylic acids is 1. The first-order valence-corrected chi connectivity index (χ1v) is 5.08. The Labute approximate surface area is 69.8 Å². The summed E-state index contributed by atoms with van der Waals surface area (Å²) in [7, 11) is 0. The van der Waals surface area contributed by atoms with Crippen LogP contribution in [0.15, 0.2) is 12.2 Å². The molecule has 1 N–H and O–H groups in total. The molecule has 1 unspecified atom stereocenters. The van der Waals surface area contributed by atoms with Crippen molar-refractivity contribution in [2.45, 2.75) is 24.5 Å². The second-order valence-corrected chi connectivity index (χ2v) is 3.24. The fraction of sp³-hybridized carbons (Fsp3) is 0.571. The number of allylic oxidation sites excluding steroid dienone is 1. The van der Waals surface area contributed by atoms with E-state index in [-0.39, 0.29) is 0 Å².